The van der Waals surface area contributed by atoms with Crippen LogP contribution in [-0.2, 0) is 22.1 Å². The number of benzene rings is 2. The standard InChI is InChI=1S/C21H22F3NO3/c22-21(23,24)16-6-4-15(5-7-16)13-20(26)25-17-8-10-18(11-9-17)28-14-19-3-1-2-12-27-19/h4-11,19H,1-3,12-14H2,(H,25,26). The topological polar surface area (TPSA) is 47.6 Å². The SMILES string of the molecule is O=C(Cc1ccc(C(F)(F)F)cc1)Nc1ccc(OCC2CCCCO2)cc1. The maximum Gasteiger partial charge on any atom is 0.416 e. The Balaban J connectivity index is 1.47. The number of ether oxygens (including phenoxy) is 2. The van der Waals surface area contributed by atoms with Crippen LogP contribution in [0.15, 0.2) is 48.5 Å². The van der Waals surface area contributed by atoms with E-state index in [2.05, 4.69) is 5.32 Å². The molecular formula is C21H22F3NO3. The van der Waals surface area contributed by atoms with Crippen molar-refractivity contribution in [2.45, 2.75) is 38.0 Å². The van der Waals surface area contributed by atoms with Crippen molar-refractivity contribution in [3.63, 3.8) is 0 Å². The molecule has 1 N–H and O–H groups in total. The first-order chi connectivity index (χ1) is 13.4. The molecule has 1 aliphatic heterocycles. The molecule has 1 fully saturated rings. The summed E-state index contributed by atoms with van der Waals surface area (Å²) in [5, 5.41) is 2.73. The highest BCUT2D eigenvalue weighted by atomic mass is 19.4. The van der Waals surface area contributed by atoms with Crippen LogP contribution in [0.5, 0.6) is 5.75 Å². The number of rotatable bonds is 6. The fraction of sp³-hybridized carbons (Fsp3) is 0.381. The number of carbonyl (C=O) groups is 1. The summed E-state index contributed by atoms with van der Waals surface area (Å²) in [5.74, 6) is 0.388. The van der Waals surface area contributed by atoms with Crippen LogP contribution >= 0.6 is 0 Å². The molecule has 1 unspecified atom stereocenters. The number of hydrogen-bond donors (Lipinski definition) is 1. The summed E-state index contributed by atoms with van der Waals surface area (Å²) >= 11 is 0. The molecule has 0 aliphatic carbocycles. The Morgan fingerprint density at radius 1 is 1.07 bits per heavy atom. The Kier molecular flexibility index (Phi) is 6.57. The minimum Gasteiger partial charge on any atom is -0.491 e. The van der Waals surface area contributed by atoms with Gasteiger partial charge in [0, 0.05) is 12.3 Å². The van der Waals surface area contributed by atoms with Crippen LogP contribution in [0.2, 0.25) is 0 Å². The zero-order chi connectivity index (χ0) is 20.0. The number of halogens is 3. The van der Waals surface area contributed by atoms with Crippen LogP contribution < -0.4 is 10.1 Å². The summed E-state index contributed by atoms with van der Waals surface area (Å²) in [6.45, 7) is 1.28. The molecule has 1 atom stereocenters. The third kappa shape index (κ3) is 5.99. The number of hydrogen-bond acceptors (Lipinski definition) is 3. The Morgan fingerprint density at radius 2 is 1.79 bits per heavy atom. The number of nitrogens with one attached hydrogen (secondary N) is 1. The van der Waals surface area contributed by atoms with Gasteiger partial charge in [0.05, 0.1) is 18.1 Å². The third-order valence-corrected chi connectivity index (χ3v) is 4.49. The number of amides is 1. The number of alkyl halides is 3. The second-order valence-corrected chi connectivity index (χ2v) is 6.74. The molecule has 7 heteroatoms. The first-order valence-electron chi connectivity index (χ1n) is 9.20. The zero-order valence-electron chi connectivity index (χ0n) is 15.3. The fourth-order valence-electron chi connectivity index (χ4n) is 2.96. The second-order valence-electron chi connectivity index (χ2n) is 6.74. The van der Waals surface area contributed by atoms with Crippen molar-refractivity contribution < 1.29 is 27.4 Å². The molecule has 1 heterocycles. The van der Waals surface area contributed by atoms with Gasteiger partial charge in [0.25, 0.3) is 0 Å². The molecule has 4 nitrogen and oxygen atoms in total. The van der Waals surface area contributed by atoms with Crippen molar-refractivity contribution in [3.8, 4) is 5.75 Å². The summed E-state index contributed by atoms with van der Waals surface area (Å²) < 4.78 is 49.0. The maximum absolute atomic E-state index is 12.6. The Morgan fingerprint density at radius 3 is 2.39 bits per heavy atom. The zero-order valence-corrected chi connectivity index (χ0v) is 15.3. The summed E-state index contributed by atoms with van der Waals surface area (Å²) in [5.41, 5.74) is 0.377. The lowest BCUT2D eigenvalue weighted by molar-refractivity contribution is -0.137. The summed E-state index contributed by atoms with van der Waals surface area (Å²) in [6.07, 6.45) is -1.02. The van der Waals surface area contributed by atoms with Gasteiger partial charge in [-0.25, -0.2) is 0 Å². The van der Waals surface area contributed by atoms with E-state index in [1.807, 2.05) is 0 Å². The molecule has 0 saturated carbocycles. The van der Waals surface area contributed by atoms with Crippen LogP contribution in [0.1, 0.15) is 30.4 Å². The molecule has 2 aromatic rings. The van der Waals surface area contributed by atoms with E-state index in [1.54, 1.807) is 24.3 Å². The van der Waals surface area contributed by atoms with Gasteiger partial charge in [-0.05, 0) is 61.2 Å². The van der Waals surface area contributed by atoms with E-state index in [0.29, 0.717) is 23.6 Å². The van der Waals surface area contributed by atoms with E-state index < -0.39 is 11.7 Å². The predicted octanol–water partition coefficient (Wildman–Crippen LogP) is 4.83. The van der Waals surface area contributed by atoms with E-state index in [9.17, 15) is 18.0 Å². The average Bonchev–Trinajstić information content (AvgIpc) is 2.68. The molecule has 0 radical (unpaired) electrons. The van der Waals surface area contributed by atoms with Gasteiger partial charge < -0.3 is 14.8 Å². The van der Waals surface area contributed by atoms with Gasteiger partial charge in [-0.1, -0.05) is 12.1 Å². The summed E-state index contributed by atoms with van der Waals surface area (Å²) in [4.78, 5) is 12.1. The summed E-state index contributed by atoms with van der Waals surface area (Å²) in [6, 6.07) is 11.5. The van der Waals surface area contributed by atoms with Crippen LogP contribution in [0.4, 0.5) is 18.9 Å². The van der Waals surface area contributed by atoms with Crippen molar-refractivity contribution in [1.82, 2.24) is 0 Å². The lowest BCUT2D eigenvalue weighted by Crippen LogP contribution is -2.25. The molecule has 0 spiro atoms. The Labute approximate surface area is 161 Å². The highest BCUT2D eigenvalue weighted by Gasteiger charge is 2.29. The molecule has 28 heavy (non-hydrogen) atoms. The maximum atomic E-state index is 12.6. The molecule has 0 bridgehead atoms. The average molecular weight is 393 g/mol. The van der Waals surface area contributed by atoms with E-state index in [-0.39, 0.29) is 18.4 Å². The highest BCUT2D eigenvalue weighted by molar-refractivity contribution is 5.92. The van der Waals surface area contributed by atoms with Gasteiger partial charge in [-0.2, -0.15) is 13.2 Å². The first-order valence-corrected chi connectivity index (χ1v) is 9.20. The van der Waals surface area contributed by atoms with Gasteiger partial charge in [-0.3, -0.25) is 4.79 Å². The van der Waals surface area contributed by atoms with E-state index >= 15 is 0 Å². The Bertz CT molecular complexity index is 767. The van der Waals surface area contributed by atoms with E-state index in [1.165, 1.54) is 12.1 Å². The molecule has 1 aliphatic rings. The van der Waals surface area contributed by atoms with Gasteiger partial charge in [0.1, 0.15) is 12.4 Å². The predicted molar refractivity (Wildman–Crippen MR) is 99.3 cm³/mol. The normalized spacial score (nSPS) is 17.2. The van der Waals surface area contributed by atoms with Crippen molar-refractivity contribution >= 4 is 11.6 Å². The minimum atomic E-state index is -4.38. The van der Waals surface area contributed by atoms with Crippen LogP contribution in [0.3, 0.4) is 0 Å². The third-order valence-electron chi connectivity index (χ3n) is 4.49. The van der Waals surface area contributed by atoms with Crippen LogP contribution in [0.25, 0.3) is 0 Å². The van der Waals surface area contributed by atoms with Crippen molar-refractivity contribution in [2.75, 3.05) is 18.5 Å². The molecule has 0 aromatic heterocycles. The quantitative estimate of drug-likeness (QED) is 0.764. The van der Waals surface area contributed by atoms with Gasteiger partial charge in [0.2, 0.25) is 5.91 Å². The molecule has 1 amide bonds. The lowest BCUT2D eigenvalue weighted by atomic mass is 10.1. The smallest absolute Gasteiger partial charge is 0.416 e. The number of carbonyl (C=O) groups excluding carboxylic acids is 1. The second kappa shape index (κ2) is 9.10. The van der Waals surface area contributed by atoms with Crippen molar-refractivity contribution in [3.05, 3.63) is 59.7 Å². The largest absolute Gasteiger partial charge is 0.491 e. The van der Waals surface area contributed by atoms with E-state index in [4.69, 9.17) is 9.47 Å². The number of anilines is 1. The molecule has 1 saturated heterocycles. The highest BCUT2D eigenvalue weighted by Crippen LogP contribution is 2.29. The van der Waals surface area contributed by atoms with Gasteiger partial charge in [0.15, 0.2) is 0 Å². The van der Waals surface area contributed by atoms with E-state index in [0.717, 1.165) is 38.0 Å². The van der Waals surface area contributed by atoms with Crippen LogP contribution in [-0.4, -0.2) is 25.2 Å². The van der Waals surface area contributed by atoms with Gasteiger partial charge >= 0.3 is 6.18 Å². The Hall–Kier alpha value is -2.54. The summed E-state index contributed by atoms with van der Waals surface area (Å²) in [7, 11) is 0. The molecular weight excluding hydrogens is 371 g/mol. The van der Waals surface area contributed by atoms with Crippen LogP contribution in [0, 0.1) is 0 Å². The lowest BCUT2D eigenvalue weighted by Gasteiger charge is -2.22. The van der Waals surface area contributed by atoms with Gasteiger partial charge in [-0.15, -0.1) is 0 Å². The monoisotopic (exact) mass is 393 g/mol. The first kappa shape index (κ1) is 20.2. The fourth-order valence-corrected chi connectivity index (χ4v) is 2.96. The molecule has 2 aromatic carbocycles. The molecule has 150 valence electrons. The van der Waals surface area contributed by atoms with Crippen molar-refractivity contribution in [1.29, 1.82) is 0 Å². The van der Waals surface area contributed by atoms with Crippen molar-refractivity contribution in [2.24, 2.45) is 0 Å². The minimum absolute atomic E-state index is 0.00456. The molecule has 3 rings (SSSR count).